The topological polar surface area (TPSA) is 95.9 Å². The first-order valence-corrected chi connectivity index (χ1v) is 30.1. The van der Waals surface area contributed by atoms with Crippen LogP contribution in [0.2, 0.25) is 0 Å². The summed E-state index contributed by atoms with van der Waals surface area (Å²) in [5.41, 5.74) is 0. The third kappa shape index (κ3) is 53.5. The molecular weight excluding hydrogens is 827 g/mol. The van der Waals surface area contributed by atoms with Gasteiger partial charge in [-0.3, -0.25) is 9.59 Å². The summed E-state index contributed by atoms with van der Waals surface area (Å²) in [4.78, 5) is 24.5. The summed E-state index contributed by atoms with van der Waals surface area (Å²) >= 11 is 0. The molecule has 0 aromatic heterocycles. The summed E-state index contributed by atoms with van der Waals surface area (Å²) in [7, 11) is 0. The minimum atomic E-state index is -0.852. The second-order valence-electron chi connectivity index (χ2n) is 20.7. The van der Waals surface area contributed by atoms with Crippen molar-refractivity contribution in [2.45, 2.75) is 341 Å². The number of carbonyl (C=O) groups excluding carboxylic acids is 2. The van der Waals surface area contributed by atoms with Crippen LogP contribution in [0, 0.1) is 0 Å². The van der Waals surface area contributed by atoms with Gasteiger partial charge in [0.05, 0.1) is 25.4 Å². The van der Waals surface area contributed by atoms with Gasteiger partial charge in [0.25, 0.3) is 0 Å². The van der Waals surface area contributed by atoms with Crippen molar-refractivity contribution in [3.63, 3.8) is 0 Å². The fourth-order valence-corrected chi connectivity index (χ4v) is 9.34. The lowest BCUT2D eigenvalue weighted by atomic mass is 10.0. The van der Waals surface area contributed by atoms with Crippen LogP contribution in [-0.4, -0.2) is 47.4 Å². The highest BCUT2D eigenvalue weighted by Crippen LogP contribution is 2.17. The molecule has 6 heteroatoms. The monoisotopic (exact) mass is 944 g/mol. The van der Waals surface area contributed by atoms with E-state index in [1.165, 1.54) is 244 Å². The molecule has 0 aliphatic heterocycles. The molecule has 0 saturated carbocycles. The van der Waals surface area contributed by atoms with Gasteiger partial charge in [-0.15, -0.1) is 0 Å². The van der Waals surface area contributed by atoms with E-state index in [0.29, 0.717) is 19.4 Å². The second kappa shape index (κ2) is 56.9. The lowest BCUT2D eigenvalue weighted by Crippen LogP contribution is -2.45. The molecule has 2 atom stereocenters. The second-order valence-corrected chi connectivity index (χ2v) is 20.7. The first-order valence-electron chi connectivity index (χ1n) is 30.1. The van der Waals surface area contributed by atoms with Crippen LogP contribution in [0.4, 0.5) is 0 Å². The molecule has 0 aromatic carbocycles. The minimum Gasteiger partial charge on any atom is -0.466 e. The fraction of sp³-hybridized carbons (Fsp3) is 0.902. The van der Waals surface area contributed by atoms with Gasteiger partial charge >= 0.3 is 5.97 Å². The number of hydrogen-bond donors (Lipinski definition) is 3. The van der Waals surface area contributed by atoms with Crippen molar-refractivity contribution < 1.29 is 24.5 Å². The third-order valence-corrected chi connectivity index (χ3v) is 14.0. The predicted octanol–water partition coefficient (Wildman–Crippen LogP) is 18.6. The van der Waals surface area contributed by atoms with E-state index in [4.69, 9.17) is 4.74 Å². The van der Waals surface area contributed by atoms with Gasteiger partial charge in [0.2, 0.25) is 5.91 Å². The molecule has 0 bridgehead atoms. The Morgan fingerprint density at radius 1 is 0.403 bits per heavy atom. The molecule has 67 heavy (non-hydrogen) atoms. The van der Waals surface area contributed by atoms with E-state index >= 15 is 0 Å². The zero-order chi connectivity index (χ0) is 48.6. The van der Waals surface area contributed by atoms with E-state index in [1.807, 2.05) is 6.08 Å². The first-order chi connectivity index (χ1) is 33.0. The van der Waals surface area contributed by atoms with Crippen molar-refractivity contribution in [3.8, 4) is 0 Å². The van der Waals surface area contributed by atoms with Gasteiger partial charge in [-0.2, -0.15) is 0 Å². The Morgan fingerprint density at radius 2 is 0.701 bits per heavy atom. The Bertz CT molecular complexity index is 1040. The summed E-state index contributed by atoms with van der Waals surface area (Å²) in [6.07, 6.45) is 69.2. The highest BCUT2D eigenvalue weighted by atomic mass is 16.5. The van der Waals surface area contributed by atoms with Crippen LogP contribution in [0.25, 0.3) is 0 Å². The number of carbonyl (C=O) groups is 2. The van der Waals surface area contributed by atoms with Crippen LogP contribution in [0.5, 0.6) is 0 Å². The zero-order valence-electron chi connectivity index (χ0n) is 45.1. The van der Waals surface area contributed by atoms with Gasteiger partial charge in [0.1, 0.15) is 0 Å². The molecule has 0 radical (unpaired) electrons. The van der Waals surface area contributed by atoms with Gasteiger partial charge < -0.3 is 20.3 Å². The average molecular weight is 945 g/mol. The molecule has 396 valence electrons. The van der Waals surface area contributed by atoms with E-state index in [9.17, 15) is 19.8 Å². The molecule has 0 fully saturated rings. The number of unbranched alkanes of at least 4 members (excludes halogenated alkanes) is 43. The molecule has 0 saturated heterocycles. The van der Waals surface area contributed by atoms with Crippen molar-refractivity contribution in [1.82, 2.24) is 5.32 Å². The van der Waals surface area contributed by atoms with Crippen LogP contribution in [0.15, 0.2) is 24.3 Å². The van der Waals surface area contributed by atoms with E-state index in [1.54, 1.807) is 6.08 Å². The smallest absolute Gasteiger partial charge is 0.305 e. The maximum atomic E-state index is 12.4. The number of rotatable bonds is 56. The van der Waals surface area contributed by atoms with Gasteiger partial charge in [0, 0.05) is 12.8 Å². The number of aliphatic hydroxyl groups is 2. The van der Waals surface area contributed by atoms with Gasteiger partial charge in [0.15, 0.2) is 0 Å². The van der Waals surface area contributed by atoms with Crippen LogP contribution in [-0.2, 0) is 14.3 Å². The normalized spacial score (nSPS) is 12.7. The molecule has 2 unspecified atom stereocenters. The highest BCUT2D eigenvalue weighted by Gasteiger charge is 2.18. The summed E-state index contributed by atoms with van der Waals surface area (Å²) in [5.74, 6) is -0.0746. The first kappa shape index (κ1) is 65.3. The standard InChI is InChI=1S/C61H117NO5/c1-3-5-7-9-11-13-15-17-19-20-24-27-31-35-39-43-47-51-55-61(66)67-56-52-48-44-40-36-32-28-25-22-21-23-26-30-34-38-42-46-50-54-60(65)62-58(57-63)59(64)53-49-45-41-37-33-29-18-16-14-12-10-8-6-4-2/h23,26,49,53,58-59,63-64H,3-22,24-25,27-48,50-52,54-57H2,1-2H3,(H,62,65)/b26-23-,53-49+. The van der Waals surface area contributed by atoms with Crippen LogP contribution in [0.3, 0.4) is 0 Å². The predicted molar refractivity (Wildman–Crippen MR) is 292 cm³/mol. The molecule has 3 N–H and O–H groups in total. The maximum Gasteiger partial charge on any atom is 0.305 e. The summed E-state index contributed by atoms with van der Waals surface area (Å²) in [6.45, 7) is 4.91. The number of esters is 1. The summed E-state index contributed by atoms with van der Waals surface area (Å²) < 4.78 is 5.49. The highest BCUT2D eigenvalue weighted by molar-refractivity contribution is 5.76. The van der Waals surface area contributed by atoms with Gasteiger partial charge in [-0.05, 0) is 57.8 Å². The van der Waals surface area contributed by atoms with Crippen LogP contribution in [0.1, 0.15) is 328 Å². The quantitative estimate of drug-likeness (QED) is 0.0321. The number of ether oxygens (including phenoxy) is 1. The Kier molecular flexibility index (Phi) is 55.5. The molecule has 0 heterocycles. The van der Waals surface area contributed by atoms with Gasteiger partial charge in [-0.25, -0.2) is 0 Å². The number of hydrogen-bond acceptors (Lipinski definition) is 5. The van der Waals surface area contributed by atoms with Crippen molar-refractivity contribution in [1.29, 1.82) is 0 Å². The Morgan fingerprint density at radius 3 is 1.06 bits per heavy atom. The number of amides is 1. The number of allylic oxidation sites excluding steroid dienone is 3. The SMILES string of the molecule is CCCCCCCCCCCCCC/C=C/C(O)C(CO)NC(=O)CCCCCCC/C=C\CCCCCCCCCCCOC(=O)CCCCCCCCCCCCCCCCCCCC. The Labute approximate surface area is 418 Å². The number of aliphatic hydroxyl groups excluding tert-OH is 2. The summed E-state index contributed by atoms with van der Waals surface area (Å²) in [6, 6.07) is -0.637. The molecule has 1 amide bonds. The molecule has 0 aromatic rings. The van der Waals surface area contributed by atoms with Crippen molar-refractivity contribution in [2.75, 3.05) is 13.2 Å². The van der Waals surface area contributed by atoms with Crippen molar-refractivity contribution >= 4 is 11.9 Å². The summed E-state index contributed by atoms with van der Waals surface area (Å²) in [5, 5.41) is 23.1. The van der Waals surface area contributed by atoms with Crippen molar-refractivity contribution in [3.05, 3.63) is 24.3 Å². The van der Waals surface area contributed by atoms with Gasteiger partial charge in [-0.1, -0.05) is 282 Å². The minimum absolute atomic E-state index is 0.00669. The van der Waals surface area contributed by atoms with Crippen LogP contribution >= 0.6 is 0 Å². The molecule has 6 nitrogen and oxygen atoms in total. The maximum absolute atomic E-state index is 12.4. The van der Waals surface area contributed by atoms with E-state index in [-0.39, 0.29) is 18.5 Å². The molecule has 0 aliphatic rings. The Hall–Kier alpha value is -1.66. The van der Waals surface area contributed by atoms with Crippen molar-refractivity contribution in [2.24, 2.45) is 0 Å². The molecular formula is C61H117NO5. The lowest BCUT2D eigenvalue weighted by Gasteiger charge is -2.20. The fourth-order valence-electron chi connectivity index (χ4n) is 9.34. The van der Waals surface area contributed by atoms with E-state index in [0.717, 1.165) is 57.8 Å². The largest absolute Gasteiger partial charge is 0.466 e. The average Bonchev–Trinajstić information content (AvgIpc) is 3.33. The van der Waals surface area contributed by atoms with E-state index in [2.05, 4.69) is 31.3 Å². The third-order valence-electron chi connectivity index (χ3n) is 14.0. The van der Waals surface area contributed by atoms with Crippen LogP contribution < -0.4 is 5.32 Å². The lowest BCUT2D eigenvalue weighted by molar-refractivity contribution is -0.143. The zero-order valence-corrected chi connectivity index (χ0v) is 45.1. The molecule has 0 spiro atoms. The molecule has 0 aliphatic carbocycles. The molecule has 0 rings (SSSR count). The Balaban J connectivity index is 3.44. The number of nitrogens with one attached hydrogen (secondary N) is 1. The van der Waals surface area contributed by atoms with E-state index < -0.39 is 12.1 Å².